The van der Waals surface area contributed by atoms with Crippen LogP contribution in [-0.2, 0) is 16.0 Å². The van der Waals surface area contributed by atoms with Gasteiger partial charge in [0.15, 0.2) is 5.82 Å². The molecule has 1 aliphatic rings. The zero-order valence-electron chi connectivity index (χ0n) is 15.7. The van der Waals surface area contributed by atoms with Crippen molar-refractivity contribution in [2.24, 2.45) is 0 Å². The molecular weight excluding hydrogens is 350 g/mol. The first-order valence-corrected chi connectivity index (χ1v) is 9.12. The van der Waals surface area contributed by atoms with Crippen molar-refractivity contribution in [3.63, 3.8) is 0 Å². The Hall–Kier alpha value is -2.84. The molecule has 0 spiro atoms. The van der Waals surface area contributed by atoms with Crippen molar-refractivity contribution in [2.75, 3.05) is 5.32 Å². The summed E-state index contributed by atoms with van der Waals surface area (Å²) in [5.41, 5.74) is 1.66. The lowest BCUT2D eigenvalue weighted by atomic mass is 10.0. The van der Waals surface area contributed by atoms with Crippen LogP contribution in [0.5, 0.6) is 0 Å². The second-order valence-corrected chi connectivity index (χ2v) is 7.15. The lowest BCUT2D eigenvalue weighted by molar-refractivity contribution is -0.115. The molecule has 0 saturated heterocycles. The number of nitrogens with zero attached hydrogens (tertiary/aromatic N) is 2. The number of H-pyrrole nitrogens is 1. The van der Waals surface area contributed by atoms with Gasteiger partial charge in [-0.05, 0) is 40.0 Å². The molecule has 0 aromatic carbocycles. The van der Waals surface area contributed by atoms with Crippen LogP contribution in [0.4, 0.5) is 10.6 Å². The van der Waals surface area contributed by atoms with Gasteiger partial charge in [0.05, 0.1) is 5.69 Å². The van der Waals surface area contributed by atoms with E-state index in [4.69, 9.17) is 9.15 Å². The van der Waals surface area contributed by atoms with E-state index in [2.05, 4.69) is 25.8 Å². The number of oxazole rings is 1. The maximum absolute atomic E-state index is 12.1. The van der Waals surface area contributed by atoms with E-state index in [1.807, 2.05) is 19.9 Å². The van der Waals surface area contributed by atoms with E-state index in [0.717, 1.165) is 30.7 Å². The number of carbonyl (C=O) groups excluding carboxylic acids is 2. The van der Waals surface area contributed by atoms with Crippen molar-refractivity contribution in [2.45, 2.75) is 64.5 Å². The number of rotatable bonds is 6. The summed E-state index contributed by atoms with van der Waals surface area (Å²) in [4.78, 5) is 27.9. The van der Waals surface area contributed by atoms with E-state index in [9.17, 15) is 9.59 Å². The van der Waals surface area contributed by atoms with Crippen molar-refractivity contribution >= 4 is 17.8 Å². The highest BCUT2D eigenvalue weighted by Gasteiger charge is 2.30. The number of carbonyl (C=O) groups is 2. The minimum absolute atomic E-state index is 0.0498. The molecule has 1 fully saturated rings. The summed E-state index contributed by atoms with van der Waals surface area (Å²) in [5.74, 6) is 0.804. The number of aryl methyl sites for hydroxylation is 1. The number of alkyl carbamates (subject to hydrolysis) is 1. The van der Waals surface area contributed by atoms with E-state index in [1.54, 1.807) is 6.92 Å². The summed E-state index contributed by atoms with van der Waals surface area (Å²) >= 11 is 0. The second-order valence-electron chi connectivity index (χ2n) is 7.15. The van der Waals surface area contributed by atoms with Gasteiger partial charge in [-0.2, -0.15) is 5.10 Å². The lowest BCUT2D eigenvalue weighted by Gasteiger charge is -2.14. The molecule has 1 saturated carbocycles. The van der Waals surface area contributed by atoms with E-state index in [1.165, 1.54) is 6.26 Å². The summed E-state index contributed by atoms with van der Waals surface area (Å²) in [6.07, 6.45) is 3.51. The summed E-state index contributed by atoms with van der Waals surface area (Å²) in [5, 5.41) is 12.6. The number of hydrogen-bond donors (Lipinski definition) is 3. The molecule has 3 rings (SSSR count). The highest BCUT2D eigenvalue weighted by atomic mass is 16.6. The van der Waals surface area contributed by atoms with Crippen LogP contribution in [-0.4, -0.2) is 39.3 Å². The Morgan fingerprint density at radius 3 is 2.93 bits per heavy atom. The maximum atomic E-state index is 12.1. The quantitative estimate of drug-likeness (QED) is 0.713. The molecule has 1 aliphatic carbocycles. The first kappa shape index (κ1) is 18.9. The monoisotopic (exact) mass is 375 g/mol. The Labute approximate surface area is 157 Å². The van der Waals surface area contributed by atoms with E-state index in [0.29, 0.717) is 11.7 Å². The zero-order valence-corrected chi connectivity index (χ0v) is 15.7. The molecule has 27 heavy (non-hydrogen) atoms. The molecule has 2 aromatic heterocycles. The molecule has 0 bridgehead atoms. The van der Waals surface area contributed by atoms with E-state index >= 15 is 0 Å². The van der Waals surface area contributed by atoms with Gasteiger partial charge in [-0.1, -0.05) is 0 Å². The first-order chi connectivity index (χ1) is 12.9. The fraction of sp³-hybridized carbons (Fsp3) is 0.556. The number of aromatic nitrogens is 3. The number of anilines is 1. The van der Waals surface area contributed by atoms with Crippen molar-refractivity contribution in [1.29, 1.82) is 0 Å². The van der Waals surface area contributed by atoms with Crippen LogP contribution in [0.1, 0.15) is 56.3 Å². The van der Waals surface area contributed by atoms with Gasteiger partial charge in [0.2, 0.25) is 11.8 Å². The molecule has 3 N–H and O–H groups in total. The Balaban J connectivity index is 1.49. The van der Waals surface area contributed by atoms with Gasteiger partial charge in [0.25, 0.3) is 0 Å². The molecule has 0 radical (unpaired) electrons. The van der Waals surface area contributed by atoms with E-state index < -0.39 is 0 Å². The third kappa shape index (κ3) is 5.32. The number of aromatic amines is 1. The van der Waals surface area contributed by atoms with Gasteiger partial charge in [-0.15, -0.1) is 0 Å². The number of hydrogen-bond acceptors (Lipinski definition) is 6. The number of amides is 2. The fourth-order valence-corrected chi connectivity index (χ4v) is 3.17. The zero-order chi connectivity index (χ0) is 19.4. The van der Waals surface area contributed by atoms with Gasteiger partial charge < -0.3 is 19.8 Å². The van der Waals surface area contributed by atoms with Crippen LogP contribution in [0.15, 0.2) is 16.7 Å². The Bertz CT molecular complexity index is 797. The topological polar surface area (TPSA) is 122 Å². The van der Waals surface area contributed by atoms with Crippen LogP contribution < -0.4 is 10.6 Å². The third-order valence-electron chi connectivity index (χ3n) is 4.35. The molecule has 2 amide bonds. The smallest absolute Gasteiger partial charge is 0.407 e. The molecule has 2 atom stereocenters. The fourth-order valence-electron chi connectivity index (χ4n) is 3.17. The Kier molecular flexibility index (Phi) is 5.78. The van der Waals surface area contributed by atoms with Crippen LogP contribution in [0.3, 0.4) is 0 Å². The normalized spacial score (nSPS) is 19.3. The standard InChI is InChI=1S/C18H25N5O4/c1-10(2)19-18(25)27-13-5-4-12(6-13)14-7-15(23-22-14)21-16(24)8-17-20-11(3)9-26-17/h7,9-10,12-13H,4-6,8H2,1-3H3,(H,19,25)(H2,21,22,23,24)/t12-,13+/m0/s1. The van der Waals surface area contributed by atoms with Crippen molar-refractivity contribution in [3.8, 4) is 0 Å². The molecule has 2 aromatic rings. The van der Waals surface area contributed by atoms with Crippen LogP contribution in [0, 0.1) is 6.92 Å². The minimum Gasteiger partial charge on any atom is -0.448 e. The maximum Gasteiger partial charge on any atom is 0.407 e. The van der Waals surface area contributed by atoms with Crippen LogP contribution in [0.2, 0.25) is 0 Å². The van der Waals surface area contributed by atoms with Gasteiger partial charge in [0.1, 0.15) is 18.8 Å². The Morgan fingerprint density at radius 2 is 2.22 bits per heavy atom. The molecule has 2 heterocycles. The minimum atomic E-state index is -0.380. The van der Waals surface area contributed by atoms with Crippen LogP contribution >= 0.6 is 0 Å². The van der Waals surface area contributed by atoms with Gasteiger partial charge in [0, 0.05) is 23.7 Å². The van der Waals surface area contributed by atoms with Gasteiger partial charge in [-0.25, -0.2) is 9.78 Å². The summed E-state index contributed by atoms with van der Waals surface area (Å²) < 4.78 is 10.6. The highest BCUT2D eigenvalue weighted by Crippen LogP contribution is 2.35. The van der Waals surface area contributed by atoms with Crippen molar-refractivity contribution in [1.82, 2.24) is 20.5 Å². The van der Waals surface area contributed by atoms with Gasteiger partial charge in [-0.3, -0.25) is 9.89 Å². The third-order valence-corrected chi connectivity index (χ3v) is 4.35. The number of ether oxygens (including phenoxy) is 1. The van der Waals surface area contributed by atoms with Gasteiger partial charge >= 0.3 is 6.09 Å². The average molecular weight is 375 g/mol. The van der Waals surface area contributed by atoms with Crippen molar-refractivity contribution in [3.05, 3.63) is 29.6 Å². The second kappa shape index (κ2) is 8.24. The predicted octanol–water partition coefficient (Wildman–Crippen LogP) is 2.66. The van der Waals surface area contributed by atoms with Crippen molar-refractivity contribution < 1.29 is 18.7 Å². The molecule has 146 valence electrons. The molecule has 9 nitrogen and oxygen atoms in total. The predicted molar refractivity (Wildman–Crippen MR) is 97.3 cm³/mol. The SMILES string of the molecule is Cc1coc(CC(=O)Nc2cc([C@H]3CC[C@@H](OC(=O)NC(C)C)C3)[nH]n2)n1. The average Bonchev–Trinajstić information content (AvgIpc) is 3.28. The number of nitrogens with one attached hydrogen (secondary N) is 3. The summed E-state index contributed by atoms with van der Waals surface area (Å²) in [6, 6.07) is 1.87. The first-order valence-electron chi connectivity index (χ1n) is 9.12. The molecular formula is C18H25N5O4. The summed E-state index contributed by atoms with van der Waals surface area (Å²) in [6.45, 7) is 5.58. The lowest BCUT2D eigenvalue weighted by Crippen LogP contribution is -2.33. The summed E-state index contributed by atoms with van der Waals surface area (Å²) in [7, 11) is 0. The molecule has 0 unspecified atom stereocenters. The van der Waals surface area contributed by atoms with E-state index in [-0.39, 0.29) is 36.5 Å². The molecule has 9 heteroatoms. The van der Waals surface area contributed by atoms with Crippen LogP contribution in [0.25, 0.3) is 0 Å². The Morgan fingerprint density at radius 1 is 1.41 bits per heavy atom. The largest absolute Gasteiger partial charge is 0.448 e. The molecule has 0 aliphatic heterocycles. The highest BCUT2D eigenvalue weighted by molar-refractivity contribution is 5.90.